The van der Waals surface area contributed by atoms with Gasteiger partial charge in [-0.15, -0.1) is 0 Å². The van der Waals surface area contributed by atoms with Crippen molar-refractivity contribution in [2.45, 2.75) is 19.3 Å². The summed E-state index contributed by atoms with van der Waals surface area (Å²) in [6.07, 6.45) is 0.869. The fourth-order valence-electron chi connectivity index (χ4n) is 2.31. The van der Waals surface area contributed by atoms with Crippen LogP contribution in [0.15, 0.2) is 28.7 Å². The van der Waals surface area contributed by atoms with Crippen molar-refractivity contribution in [2.75, 3.05) is 6.61 Å². The number of rotatable bonds is 1. The summed E-state index contributed by atoms with van der Waals surface area (Å²) in [6, 6.07) is 8.03. The van der Waals surface area contributed by atoms with Gasteiger partial charge in [0.1, 0.15) is 16.7 Å². The Morgan fingerprint density at radius 1 is 1.32 bits per heavy atom. The number of hydrogen-bond acceptors (Lipinski definition) is 3. The van der Waals surface area contributed by atoms with Crippen LogP contribution in [0.5, 0.6) is 5.75 Å². The van der Waals surface area contributed by atoms with Crippen molar-refractivity contribution >= 4 is 27.5 Å². The molecule has 1 aliphatic heterocycles. The highest BCUT2D eigenvalue weighted by Gasteiger charge is 2.26. The lowest BCUT2D eigenvalue weighted by atomic mass is 9.92. The summed E-state index contributed by atoms with van der Waals surface area (Å²) >= 11 is 9.52. The summed E-state index contributed by atoms with van der Waals surface area (Å²) in [4.78, 5) is 8.97. The number of benzene rings is 1. The van der Waals surface area contributed by atoms with E-state index in [4.69, 9.17) is 16.3 Å². The van der Waals surface area contributed by atoms with Gasteiger partial charge in [0.25, 0.3) is 0 Å². The summed E-state index contributed by atoms with van der Waals surface area (Å²) in [5.41, 5.74) is 1.99. The number of hydrogen-bond donors (Lipinski definition) is 0. The average Bonchev–Trinajstić information content (AvgIpc) is 2.43. The highest BCUT2D eigenvalue weighted by atomic mass is 79.9. The SMILES string of the molecule is Cc1nc(C2CCOc3ccccc32)nc(Cl)c1Br. The van der Waals surface area contributed by atoms with Crippen molar-refractivity contribution in [1.82, 2.24) is 9.97 Å². The molecule has 0 spiro atoms. The fourth-order valence-corrected chi connectivity index (χ4v) is 2.71. The monoisotopic (exact) mass is 338 g/mol. The molecule has 0 N–H and O–H groups in total. The fraction of sp³-hybridized carbons (Fsp3) is 0.286. The topological polar surface area (TPSA) is 35.0 Å². The van der Waals surface area contributed by atoms with Gasteiger partial charge in [0.05, 0.1) is 22.7 Å². The highest BCUT2D eigenvalue weighted by molar-refractivity contribution is 9.10. The molecule has 0 radical (unpaired) electrons. The number of aryl methyl sites for hydroxylation is 1. The molecule has 0 saturated carbocycles. The normalized spacial score (nSPS) is 17.7. The standard InChI is InChI=1S/C14H12BrClN2O/c1-8-12(15)13(16)18-14(17-8)10-6-7-19-11-5-3-2-4-9(10)11/h2-5,10H,6-7H2,1H3. The Balaban J connectivity index is 2.09. The van der Waals surface area contributed by atoms with Crippen molar-refractivity contribution in [1.29, 1.82) is 0 Å². The van der Waals surface area contributed by atoms with Gasteiger partial charge < -0.3 is 4.74 Å². The molecule has 0 fully saturated rings. The molecule has 0 aliphatic carbocycles. The smallest absolute Gasteiger partial charge is 0.147 e. The molecule has 0 saturated heterocycles. The minimum atomic E-state index is 0.147. The number of para-hydroxylation sites is 1. The van der Waals surface area contributed by atoms with Gasteiger partial charge in [-0.05, 0) is 35.3 Å². The first-order valence-corrected chi connectivity index (χ1v) is 7.25. The van der Waals surface area contributed by atoms with Gasteiger partial charge in [-0.3, -0.25) is 0 Å². The molecule has 1 aromatic carbocycles. The molecule has 3 rings (SSSR count). The molecular weight excluding hydrogens is 328 g/mol. The minimum Gasteiger partial charge on any atom is -0.493 e. The molecule has 0 bridgehead atoms. The second-order valence-corrected chi connectivity index (χ2v) is 5.65. The van der Waals surface area contributed by atoms with E-state index in [1.807, 2.05) is 25.1 Å². The third-order valence-electron chi connectivity index (χ3n) is 3.26. The lowest BCUT2D eigenvalue weighted by Crippen LogP contribution is -2.17. The number of ether oxygens (including phenoxy) is 1. The van der Waals surface area contributed by atoms with Crippen LogP contribution < -0.4 is 4.74 Å². The van der Waals surface area contributed by atoms with E-state index < -0.39 is 0 Å². The third-order valence-corrected chi connectivity index (χ3v) is 4.72. The molecule has 1 unspecified atom stereocenters. The first-order chi connectivity index (χ1) is 9.16. The molecule has 5 heteroatoms. The Morgan fingerprint density at radius 3 is 2.89 bits per heavy atom. The summed E-state index contributed by atoms with van der Waals surface area (Å²) in [5, 5.41) is 0.464. The molecule has 2 heterocycles. The van der Waals surface area contributed by atoms with E-state index in [9.17, 15) is 0 Å². The zero-order valence-electron chi connectivity index (χ0n) is 10.4. The van der Waals surface area contributed by atoms with E-state index >= 15 is 0 Å². The lowest BCUT2D eigenvalue weighted by Gasteiger charge is -2.25. The molecule has 1 aliphatic rings. The van der Waals surface area contributed by atoms with Crippen LogP contribution in [-0.2, 0) is 0 Å². The van der Waals surface area contributed by atoms with Crippen LogP contribution in [0.25, 0.3) is 0 Å². The zero-order chi connectivity index (χ0) is 13.4. The predicted molar refractivity (Wildman–Crippen MR) is 77.9 cm³/mol. The quantitative estimate of drug-likeness (QED) is 0.733. The minimum absolute atomic E-state index is 0.147. The Kier molecular flexibility index (Phi) is 3.46. The number of aromatic nitrogens is 2. The zero-order valence-corrected chi connectivity index (χ0v) is 12.7. The summed E-state index contributed by atoms with van der Waals surface area (Å²) in [6.45, 7) is 2.60. The molecule has 1 aromatic heterocycles. The summed E-state index contributed by atoms with van der Waals surface area (Å²) < 4.78 is 6.42. The maximum atomic E-state index is 6.14. The second kappa shape index (κ2) is 5.10. The van der Waals surface area contributed by atoms with Gasteiger partial charge in [-0.25, -0.2) is 9.97 Å². The van der Waals surface area contributed by atoms with Crippen LogP contribution in [0.3, 0.4) is 0 Å². The van der Waals surface area contributed by atoms with Gasteiger partial charge in [0.2, 0.25) is 0 Å². The van der Waals surface area contributed by atoms with E-state index in [-0.39, 0.29) is 5.92 Å². The molecule has 98 valence electrons. The van der Waals surface area contributed by atoms with Gasteiger partial charge in [0.15, 0.2) is 0 Å². The van der Waals surface area contributed by atoms with Gasteiger partial charge >= 0.3 is 0 Å². The third kappa shape index (κ3) is 2.35. The number of nitrogens with zero attached hydrogens (tertiary/aromatic N) is 2. The number of fused-ring (bicyclic) bond motifs is 1. The largest absolute Gasteiger partial charge is 0.493 e. The first-order valence-electron chi connectivity index (χ1n) is 6.08. The van der Waals surface area contributed by atoms with Gasteiger partial charge in [-0.1, -0.05) is 29.8 Å². The Labute approximate surface area is 125 Å². The van der Waals surface area contributed by atoms with Crippen LogP contribution in [0, 0.1) is 6.92 Å². The van der Waals surface area contributed by atoms with Crippen LogP contribution >= 0.6 is 27.5 Å². The average molecular weight is 340 g/mol. The van der Waals surface area contributed by atoms with Gasteiger partial charge in [0, 0.05) is 5.56 Å². The van der Waals surface area contributed by atoms with Crippen molar-refractivity contribution < 1.29 is 4.74 Å². The van der Waals surface area contributed by atoms with Crippen molar-refractivity contribution in [2.24, 2.45) is 0 Å². The van der Waals surface area contributed by atoms with E-state index in [1.54, 1.807) is 0 Å². The molecule has 3 nitrogen and oxygen atoms in total. The van der Waals surface area contributed by atoms with E-state index in [2.05, 4.69) is 32.0 Å². The first kappa shape index (κ1) is 12.9. The second-order valence-electron chi connectivity index (χ2n) is 4.50. The molecule has 2 aromatic rings. The Hall–Kier alpha value is -1.13. The van der Waals surface area contributed by atoms with E-state index in [0.717, 1.165) is 33.7 Å². The van der Waals surface area contributed by atoms with E-state index in [0.29, 0.717) is 11.8 Å². The van der Waals surface area contributed by atoms with Crippen molar-refractivity contribution in [3.63, 3.8) is 0 Å². The molecular formula is C14H12BrClN2O. The molecule has 19 heavy (non-hydrogen) atoms. The van der Waals surface area contributed by atoms with Crippen LogP contribution in [-0.4, -0.2) is 16.6 Å². The summed E-state index contributed by atoms with van der Waals surface area (Å²) in [5.74, 6) is 1.83. The van der Waals surface area contributed by atoms with Crippen molar-refractivity contribution in [3.05, 3.63) is 51.0 Å². The van der Waals surface area contributed by atoms with Crippen LogP contribution in [0.4, 0.5) is 0 Å². The van der Waals surface area contributed by atoms with Crippen LogP contribution in [0.1, 0.15) is 29.4 Å². The van der Waals surface area contributed by atoms with Gasteiger partial charge in [-0.2, -0.15) is 0 Å². The molecule has 1 atom stereocenters. The van der Waals surface area contributed by atoms with E-state index in [1.165, 1.54) is 0 Å². The maximum Gasteiger partial charge on any atom is 0.147 e. The summed E-state index contributed by atoms with van der Waals surface area (Å²) in [7, 11) is 0. The predicted octanol–water partition coefficient (Wildman–Crippen LogP) is 4.12. The lowest BCUT2D eigenvalue weighted by molar-refractivity contribution is 0.274. The van der Waals surface area contributed by atoms with Crippen LogP contribution in [0.2, 0.25) is 5.15 Å². The maximum absolute atomic E-state index is 6.14. The number of halogens is 2. The molecule has 0 amide bonds. The van der Waals surface area contributed by atoms with Crippen molar-refractivity contribution in [3.8, 4) is 5.75 Å². The highest BCUT2D eigenvalue weighted by Crippen LogP contribution is 2.37. The Morgan fingerprint density at radius 2 is 2.11 bits per heavy atom. The Bertz CT molecular complexity index is 610.